The first kappa shape index (κ1) is 17.1. The summed E-state index contributed by atoms with van der Waals surface area (Å²) in [5.74, 6) is 0. The van der Waals surface area contributed by atoms with Gasteiger partial charge in [0.1, 0.15) is 0 Å². The number of rotatable bonds is 6. The second-order valence-corrected chi connectivity index (χ2v) is 8.62. The van der Waals surface area contributed by atoms with Gasteiger partial charge in [-0.1, -0.05) is 6.07 Å². The van der Waals surface area contributed by atoms with Crippen molar-refractivity contribution in [2.75, 3.05) is 13.2 Å². The Morgan fingerprint density at radius 3 is 2.67 bits per heavy atom. The number of sulfonamides is 1. The molecular weight excluding hydrogens is 344 g/mol. The van der Waals surface area contributed by atoms with Crippen molar-refractivity contribution in [2.45, 2.75) is 30.4 Å². The normalized spacial score (nSPS) is 17.9. The Labute approximate surface area is 146 Å². The minimum Gasteiger partial charge on any atom is -0.377 e. The van der Waals surface area contributed by atoms with Gasteiger partial charge < -0.3 is 4.74 Å². The molecule has 3 rings (SSSR count). The summed E-state index contributed by atoms with van der Waals surface area (Å²) in [4.78, 5) is 1.20. The number of hydrogen-bond acceptors (Lipinski definition) is 5. The number of nitrogens with zero attached hydrogens (tertiary/aromatic N) is 2. The Bertz CT molecular complexity index is 803. The van der Waals surface area contributed by atoms with Crippen molar-refractivity contribution in [1.82, 2.24) is 4.31 Å². The molecule has 0 saturated carbocycles. The molecule has 24 heavy (non-hydrogen) atoms. The molecule has 1 atom stereocenters. The third-order valence-corrected chi connectivity index (χ3v) is 6.65. The van der Waals surface area contributed by atoms with Gasteiger partial charge in [-0.05, 0) is 48.6 Å². The standard InChI is InChI=1S/C17H18N2O3S2/c18-11-14-5-7-17(8-6-14)24(20,21)19(12-15-3-1-9-22-15)13-16-4-2-10-23-16/h2,4-8,10,15H,1,3,9,12-13H2/t15-/m1/s1. The molecular formula is C17H18N2O3S2. The van der Waals surface area contributed by atoms with Crippen molar-refractivity contribution in [1.29, 1.82) is 5.26 Å². The van der Waals surface area contributed by atoms with Gasteiger partial charge in [0.15, 0.2) is 0 Å². The first-order valence-electron chi connectivity index (χ1n) is 7.74. The molecule has 1 saturated heterocycles. The maximum absolute atomic E-state index is 13.0. The van der Waals surface area contributed by atoms with Crippen molar-refractivity contribution in [3.8, 4) is 6.07 Å². The fraction of sp³-hybridized carbons (Fsp3) is 0.353. The highest BCUT2D eigenvalue weighted by Crippen LogP contribution is 2.24. The molecule has 1 aliphatic rings. The molecule has 2 heterocycles. The molecule has 1 aromatic carbocycles. The molecule has 0 bridgehead atoms. The van der Waals surface area contributed by atoms with E-state index >= 15 is 0 Å². The Morgan fingerprint density at radius 2 is 2.08 bits per heavy atom. The van der Waals surface area contributed by atoms with Crippen LogP contribution in [0.5, 0.6) is 0 Å². The Hall–Kier alpha value is -1.72. The van der Waals surface area contributed by atoms with E-state index in [-0.39, 0.29) is 11.0 Å². The molecule has 0 amide bonds. The summed E-state index contributed by atoms with van der Waals surface area (Å²) in [6, 6.07) is 11.9. The molecule has 2 aromatic rings. The lowest BCUT2D eigenvalue weighted by Crippen LogP contribution is -2.36. The van der Waals surface area contributed by atoms with Crippen LogP contribution in [-0.2, 0) is 21.3 Å². The lowest BCUT2D eigenvalue weighted by molar-refractivity contribution is 0.0927. The third kappa shape index (κ3) is 3.84. The molecule has 126 valence electrons. The van der Waals surface area contributed by atoms with Gasteiger partial charge in [-0.15, -0.1) is 11.3 Å². The Morgan fingerprint density at radius 1 is 1.29 bits per heavy atom. The molecule has 0 unspecified atom stereocenters. The van der Waals surface area contributed by atoms with Crippen LogP contribution in [0, 0.1) is 11.3 Å². The predicted molar refractivity (Wildman–Crippen MR) is 92.0 cm³/mol. The van der Waals surface area contributed by atoms with E-state index in [2.05, 4.69) is 0 Å². The number of ether oxygens (including phenoxy) is 1. The Balaban J connectivity index is 1.87. The average Bonchev–Trinajstić information content (AvgIpc) is 3.28. The van der Waals surface area contributed by atoms with E-state index in [1.165, 1.54) is 39.9 Å². The highest BCUT2D eigenvalue weighted by atomic mass is 32.2. The molecule has 0 N–H and O–H groups in total. The molecule has 7 heteroatoms. The summed E-state index contributed by atoms with van der Waals surface area (Å²) in [6.07, 6.45) is 1.79. The van der Waals surface area contributed by atoms with Gasteiger partial charge in [0.25, 0.3) is 0 Å². The summed E-state index contributed by atoms with van der Waals surface area (Å²) in [7, 11) is -3.64. The zero-order valence-corrected chi connectivity index (χ0v) is 14.7. The van der Waals surface area contributed by atoms with Crippen LogP contribution in [0.2, 0.25) is 0 Å². The second kappa shape index (κ2) is 7.45. The largest absolute Gasteiger partial charge is 0.377 e. The zero-order chi connectivity index (χ0) is 17.0. The molecule has 5 nitrogen and oxygen atoms in total. The van der Waals surface area contributed by atoms with E-state index < -0.39 is 10.0 Å². The van der Waals surface area contributed by atoms with Gasteiger partial charge in [0.2, 0.25) is 10.0 Å². The quantitative estimate of drug-likeness (QED) is 0.792. The van der Waals surface area contributed by atoms with Crippen molar-refractivity contribution in [3.63, 3.8) is 0 Å². The first-order chi connectivity index (χ1) is 11.6. The number of hydrogen-bond donors (Lipinski definition) is 0. The van der Waals surface area contributed by atoms with E-state index in [1.807, 2.05) is 23.6 Å². The fourth-order valence-corrected chi connectivity index (χ4v) is 4.94. The Kier molecular flexibility index (Phi) is 5.31. The summed E-state index contributed by atoms with van der Waals surface area (Å²) < 4.78 is 33.2. The molecule has 1 aromatic heterocycles. The van der Waals surface area contributed by atoms with Crippen LogP contribution in [0.25, 0.3) is 0 Å². The van der Waals surface area contributed by atoms with Crippen LogP contribution in [0.3, 0.4) is 0 Å². The van der Waals surface area contributed by atoms with Crippen LogP contribution < -0.4 is 0 Å². The highest BCUT2D eigenvalue weighted by Gasteiger charge is 2.29. The van der Waals surface area contributed by atoms with Crippen LogP contribution in [0.15, 0.2) is 46.7 Å². The third-order valence-electron chi connectivity index (χ3n) is 3.96. The molecule has 0 aliphatic carbocycles. The SMILES string of the molecule is N#Cc1ccc(S(=O)(=O)N(Cc2cccs2)C[C@H]2CCCO2)cc1. The van der Waals surface area contributed by atoms with Gasteiger partial charge >= 0.3 is 0 Å². The summed E-state index contributed by atoms with van der Waals surface area (Å²) in [5.41, 5.74) is 0.442. The molecule has 1 aliphatic heterocycles. The molecule has 0 radical (unpaired) electrons. The summed E-state index contributed by atoms with van der Waals surface area (Å²) in [5, 5.41) is 10.8. The minimum absolute atomic E-state index is 0.0573. The van der Waals surface area contributed by atoms with Crippen molar-refractivity contribution >= 4 is 21.4 Å². The monoisotopic (exact) mass is 362 g/mol. The highest BCUT2D eigenvalue weighted by molar-refractivity contribution is 7.89. The van der Waals surface area contributed by atoms with Gasteiger partial charge in [-0.25, -0.2) is 8.42 Å². The maximum Gasteiger partial charge on any atom is 0.243 e. The molecule has 0 spiro atoms. The molecule has 1 fully saturated rings. The number of benzene rings is 1. The van der Waals surface area contributed by atoms with Gasteiger partial charge in [-0.2, -0.15) is 9.57 Å². The lowest BCUT2D eigenvalue weighted by Gasteiger charge is -2.24. The van der Waals surface area contributed by atoms with E-state index in [1.54, 1.807) is 0 Å². The summed E-state index contributed by atoms with van der Waals surface area (Å²) in [6.45, 7) is 1.37. The maximum atomic E-state index is 13.0. The van der Waals surface area contributed by atoms with Crippen LogP contribution in [0.4, 0.5) is 0 Å². The summed E-state index contributed by atoms with van der Waals surface area (Å²) >= 11 is 1.54. The van der Waals surface area contributed by atoms with Crippen LogP contribution in [-0.4, -0.2) is 32.0 Å². The zero-order valence-electron chi connectivity index (χ0n) is 13.1. The van der Waals surface area contributed by atoms with E-state index in [0.29, 0.717) is 25.3 Å². The number of thiophene rings is 1. The predicted octanol–water partition coefficient (Wildman–Crippen LogP) is 2.99. The average molecular weight is 362 g/mol. The van der Waals surface area contributed by atoms with Crippen molar-refractivity contribution in [2.24, 2.45) is 0 Å². The number of nitriles is 1. The van der Waals surface area contributed by atoms with Crippen molar-refractivity contribution in [3.05, 3.63) is 52.2 Å². The smallest absolute Gasteiger partial charge is 0.243 e. The van der Waals surface area contributed by atoms with Crippen LogP contribution >= 0.6 is 11.3 Å². The minimum atomic E-state index is -3.64. The lowest BCUT2D eigenvalue weighted by atomic mass is 10.2. The van der Waals surface area contributed by atoms with Gasteiger partial charge in [0, 0.05) is 24.6 Å². The van der Waals surface area contributed by atoms with Crippen molar-refractivity contribution < 1.29 is 13.2 Å². The van der Waals surface area contributed by atoms with E-state index in [9.17, 15) is 8.42 Å². The first-order valence-corrected chi connectivity index (χ1v) is 10.1. The van der Waals surface area contributed by atoms with Gasteiger partial charge in [-0.3, -0.25) is 0 Å². The topological polar surface area (TPSA) is 70.4 Å². The van der Waals surface area contributed by atoms with Gasteiger partial charge in [0.05, 0.1) is 22.6 Å². The van der Waals surface area contributed by atoms with E-state index in [4.69, 9.17) is 10.00 Å². The fourth-order valence-electron chi connectivity index (χ4n) is 2.69. The second-order valence-electron chi connectivity index (χ2n) is 5.65. The van der Waals surface area contributed by atoms with Crippen LogP contribution in [0.1, 0.15) is 23.3 Å². The van der Waals surface area contributed by atoms with E-state index in [0.717, 1.165) is 17.7 Å².